The van der Waals surface area contributed by atoms with E-state index in [0.29, 0.717) is 6.54 Å². The zero-order chi connectivity index (χ0) is 13.0. The van der Waals surface area contributed by atoms with Crippen molar-refractivity contribution in [2.45, 2.75) is 19.1 Å². The molecule has 2 N–H and O–H groups in total. The van der Waals surface area contributed by atoms with E-state index in [9.17, 15) is 5.11 Å². The van der Waals surface area contributed by atoms with E-state index in [2.05, 4.69) is 17.6 Å². The normalized spacial score (nSPS) is 14.4. The first-order valence-corrected chi connectivity index (χ1v) is 6.17. The second-order valence-electron chi connectivity index (χ2n) is 4.93. The molecular formula is C15H20N2O. The van der Waals surface area contributed by atoms with Gasteiger partial charge in [0.15, 0.2) is 0 Å². The molecule has 0 amide bonds. The third-order valence-corrected chi connectivity index (χ3v) is 3.09. The van der Waals surface area contributed by atoms with Crippen LogP contribution in [0.3, 0.4) is 0 Å². The molecule has 0 fully saturated rings. The first-order chi connectivity index (χ1) is 8.58. The number of hydrogen-bond acceptors (Lipinski definition) is 2. The van der Waals surface area contributed by atoms with Crippen LogP contribution in [-0.2, 0) is 19.2 Å². The fourth-order valence-corrected chi connectivity index (χ4v) is 2.02. The van der Waals surface area contributed by atoms with Gasteiger partial charge in [0.1, 0.15) is 0 Å². The van der Waals surface area contributed by atoms with Gasteiger partial charge in [-0.05, 0) is 24.1 Å². The number of hydrogen-bond donors (Lipinski definition) is 2. The summed E-state index contributed by atoms with van der Waals surface area (Å²) < 4.78 is 2.02. The molecule has 0 saturated heterocycles. The van der Waals surface area contributed by atoms with E-state index >= 15 is 0 Å². The fraction of sp³-hybridized carbons (Fsp3) is 0.333. The van der Waals surface area contributed by atoms with Crippen LogP contribution in [-0.4, -0.2) is 16.2 Å². The van der Waals surface area contributed by atoms with Gasteiger partial charge in [-0.2, -0.15) is 0 Å². The van der Waals surface area contributed by atoms with Gasteiger partial charge >= 0.3 is 0 Å². The molecule has 0 bridgehead atoms. The molecule has 3 nitrogen and oxygen atoms in total. The van der Waals surface area contributed by atoms with Crippen molar-refractivity contribution in [2.24, 2.45) is 7.05 Å². The number of rotatable bonds is 5. The van der Waals surface area contributed by atoms with E-state index in [1.165, 1.54) is 5.56 Å². The van der Waals surface area contributed by atoms with Gasteiger partial charge in [-0.1, -0.05) is 30.3 Å². The number of nitrogens with zero attached hydrogens (tertiary/aromatic N) is 1. The van der Waals surface area contributed by atoms with E-state index in [1.54, 1.807) is 0 Å². The maximum absolute atomic E-state index is 10.4. The first-order valence-electron chi connectivity index (χ1n) is 6.17. The summed E-state index contributed by atoms with van der Waals surface area (Å²) in [5, 5.41) is 13.7. The predicted molar refractivity (Wildman–Crippen MR) is 73.1 cm³/mol. The van der Waals surface area contributed by atoms with Gasteiger partial charge in [-0.3, -0.25) is 0 Å². The Balaban J connectivity index is 1.89. The van der Waals surface area contributed by atoms with Gasteiger partial charge in [-0.15, -0.1) is 0 Å². The average Bonchev–Trinajstić information content (AvgIpc) is 2.76. The van der Waals surface area contributed by atoms with Crippen LogP contribution in [0.2, 0.25) is 0 Å². The Kier molecular flexibility index (Phi) is 3.84. The number of aromatic nitrogens is 1. The summed E-state index contributed by atoms with van der Waals surface area (Å²) in [7, 11) is 2.00. The summed E-state index contributed by atoms with van der Waals surface area (Å²) in [6.45, 7) is 3.13. The fourth-order valence-electron chi connectivity index (χ4n) is 2.02. The topological polar surface area (TPSA) is 37.2 Å². The zero-order valence-electron chi connectivity index (χ0n) is 10.9. The summed E-state index contributed by atoms with van der Waals surface area (Å²) >= 11 is 0. The van der Waals surface area contributed by atoms with Gasteiger partial charge in [0, 0.05) is 32.5 Å². The van der Waals surface area contributed by atoms with Crippen LogP contribution in [0.5, 0.6) is 0 Å². The SMILES string of the molecule is Cn1ccc(CNCC(C)(O)c2ccccc2)c1. The van der Waals surface area contributed by atoms with Gasteiger partial charge in [0.05, 0.1) is 5.60 Å². The second-order valence-corrected chi connectivity index (χ2v) is 4.93. The first kappa shape index (κ1) is 12.9. The maximum Gasteiger partial charge on any atom is 0.0992 e. The molecule has 96 valence electrons. The molecule has 1 aromatic carbocycles. The number of aliphatic hydroxyl groups is 1. The average molecular weight is 244 g/mol. The lowest BCUT2D eigenvalue weighted by atomic mass is 9.96. The minimum atomic E-state index is -0.837. The van der Waals surface area contributed by atoms with Crippen molar-refractivity contribution >= 4 is 0 Å². The summed E-state index contributed by atoms with van der Waals surface area (Å²) in [4.78, 5) is 0. The highest BCUT2D eigenvalue weighted by atomic mass is 16.3. The predicted octanol–water partition coefficient (Wildman–Crippen LogP) is 2.02. The van der Waals surface area contributed by atoms with Crippen LogP contribution in [0, 0.1) is 0 Å². The van der Waals surface area contributed by atoms with Crippen LogP contribution in [0.15, 0.2) is 48.8 Å². The summed E-state index contributed by atoms with van der Waals surface area (Å²) in [6.07, 6.45) is 4.09. The molecule has 0 aliphatic rings. The Morgan fingerprint density at radius 3 is 2.56 bits per heavy atom. The molecule has 0 aliphatic carbocycles. The molecule has 0 aliphatic heterocycles. The Morgan fingerprint density at radius 2 is 1.94 bits per heavy atom. The Bertz CT molecular complexity index is 488. The Morgan fingerprint density at radius 1 is 1.22 bits per heavy atom. The van der Waals surface area contributed by atoms with Crippen molar-refractivity contribution in [3.05, 3.63) is 59.9 Å². The smallest absolute Gasteiger partial charge is 0.0992 e. The minimum absolute atomic E-state index is 0.534. The van der Waals surface area contributed by atoms with Crippen LogP contribution >= 0.6 is 0 Å². The summed E-state index contributed by atoms with van der Waals surface area (Å²) in [5.41, 5.74) is 1.32. The zero-order valence-corrected chi connectivity index (χ0v) is 10.9. The summed E-state index contributed by atoms with van der Waals surface area (Å²) in [5.74, 6) is 0. The Hall–Kier alpha value is -1.58. The highest BCUT2D eigenvalue weighted by Gasteiger charge is 2.21. The molecule has 0 spiro atoms. The van der Waals surface area contributed by atoms with E-state index in [1.807, 2.05) is 55.1 Å². The van der Waals surface area contributed by atoms with Crippen LogP contribution in [0.1, 0.15) is 18.1 Å². The third kappa shape index (κ3) is 3.22. The standard InChI is InChI=1S/C15H20N2O/c1-15(18,14-6-4-3-5-7-14)12-16-10-13-8-9-17(2)11-13/h3-9,11,16,18H,10,12H2,1-2H3. The lowest BCUT2D eigenvalue weighted by Gasteiger charge is -2.24. The molecule has 2 rings (SSSR count). The molecular weight excluding hydrogens is 224 g/mol. The highest BCUT2D eigenvalue weighted by Crippen LogP contribution is 2.19. The van der Waals surface area contributed by atoms with Crippen molar-refractivity contribution in [3.8, 4) is 0 Å². The monoisotopic (exact) mass is 244 g/mol. The van der Waals surface area contributed by atoms with Crippen LogP contribution in [0.4, 0.5) is 0 Å². The van der Waals surface area contributed by atoms with E-state index in [-0.39, 0.29) is 0 Å². The van der Waals surface area contributed by atoms with Gasteiger partial charge < -0.3 is 15.0 Å². The maximum atomic E-state index is 10.4. The van der Waals surface area contributed by atoms with E-state index in [4.69, 9.17) is 0 Å². The molecule has 3 heteroatoms. The molecule has 1 atom stereocenters. The van der Waals surface area contributed by atoms with Crippen LogP contribution < -0.4 is 5.32 Å². The quantitative estimate of drug-likeness (QED) is 0.844. The second kappa shape index (κ2) is 5.38. The molecule has 18 heavy (non-hydrogen) atoms. The van der Waals surface area contributed by atoms with E-state index < -0.39 is 5.60 Å². The number of aryl methyl sites for hydroxylation is 1. The van der Waals surface area contributed by atoms with Crippen LogP contribution in [0.25, 0.3) is 0 Å². The van der Waals surface area contributed by atoms with Crippen molar-refractivity contribution in [2.75, 3.05) is 6.54 Å². The van der Waals surface area contributed by atoms with Crippen molar-refractivity contribution < 1.29 is 5.11 Å². The molecule has 1 unspecified atom stereocenters. The minimum Gasteiger partial charge on any atom is -0.384 e. The number of nitrogens with one attached hydrogen (secondary N) is 1. The molecule has 0 radical (unpaired) electrons. The summed E-state index contributed by atoms with van der Waals surface area (Å²) in [6, 6.07) is 11.8. The molecule has 2 aromatic rings. The largest absolute Gasteiger partial charge is 0.384 e. The van der Waals surface area contributed by atoms with Crippen molar-refractivity contribution in [1.29, 1.82) is 0 Å². The molecule has 1 aromatic heterocycles. The van der Waals surface area contributed by atoms with Gasteiger partial charge in [0.2, 0.25) is 0 Å². The molecule has 0 saturated carbocycles. The van der Waals surface area contributed by atoms with Gasteiger partial charge in [-0.25, -0.2) is 0 Å². The van der Waals surface area contributed by atoms with Crippen molar-refractivity contribution in [3.63, 3.8) is 0 Å². The third-order valence-electron chi connectivity index (χ3n) is 3.09. The van der Waals surface area contributed by atoms with E-state index in [0.717, 1.165) is 12.1 Å². The Labute approximate surface area is 108 Å². The number of benzene rings is 1. The highest BCUT2D eigenvalue weighted by molar-refractivity contribution is 5.21. The molecule has 1 heterocycles. The lowest BCUT2D eigenvalue weighted by molar-refractivity contribution is 0.0567. The lowest BCUT2D eigenvalue weighted by Crippen LogP contribution is -2.35. The van der Waals surface area contributed by atoms with Gasteiger partial charge in [0.25, 0.3) is 0 Å². The van der Waals surface area contributed by atoms with Crippen molar-refractivity contribution in [1.82, 2.24) is 9.88 Å².